The van der Waals surface area contributed by atoms with E-state index < -0.39 is 29.2 Å². The van der Waals surface area contributed by atoms with Gasteiger partial charge in [0.2, 0.25) is 17.3 Å². The SMILES string of the molecule is Cc1cc(F)cc(-c2nc(C(=O)O)c(C(=O)O)o2)c1. The lowest BCUT2D eigenvalue weighted by Gasteiger charge is -1.98. The van der Waals surface area contributed by atoms with Crippen LogP contribution in [0.4, 0.5) is 4.39 Å². The van der Waals surface area contributed by atoms with Gasteiger partial charge >= 0.3 is 11.9 Å². The molecule has 0 atom stereocenters. The second kappa shape index (κ2) is 4.52. The number of aromatic nitrogens is 1. The molecule has 0 unspecified atom stereocenters. The fourth-order valence-corrected chi connectivity index (χ4v) is 1.59. The van der Waals surface area contributed by atoms with E-state index in [-0.39, 0.29) is 11.5 Å². The number of aryl methyl sites for hydroxylation is 1. The van der Waals surface area contributed by atoms with Gasteiger partial charge in [-0.2, -0.15) is 0 Å². The molecule has 7 heteroatoms. The zero-order valence-corrected chi connectivity index (χ0v) is 9.68. The maximum absolute atomic E-state index is 13.2. The number of carboxylic acids is 2. The number of aromatic carboxylic acids is 2. The maximum Gasteiger partial charge on any atom is 0.374 e. The van der Waals surface area contributed by atoms with Crippen LogP contribution in [0.3, 0.4) is 0 Å². The first kappa shape index (κ1) is 12.7. The predicted molar refractivity (Wildman–Crippen MR) is 60.6 cm³/mol. The second-order valence-electron chi connectivity index (χ2n) is 3.82. The van der Waals surface area contributed by atoms with Crippen molar-refractivity contribution in [2.75, 3.05) is 0 Å². The summed E-state index contributed by atoms with van der Waals surface area (Å²) in [6.45, 7) is 1.63. The fourth-order valence-electron chi connectivity index (χ4n) is 1.59. The lowest BCUT2D eigenvalue weighted by molar-refractivity contribution is 0.0624. The molecule has 0 fully saturated rings. The van der Waals surface area contributed by atoms with Gasteiger partial charge in [-0.15, -0.1) is 0 Å². The molecule has 0 aliphatic carbocycles. The topological polar surface area (TPSA) is 101 Å². The van der Waals surface area contributed by atoms with Crippen molar-refractivity contribution in [2.45, 2.75) is 6.92 Å². The first-order valence-corrected chi connectivity index (χ1v) is 5.13. The van der Waals surface area contributed by atoms with Gasteiger partial charge in [-0.05, 0) is 30.7 Å². The van der Waals surface area contributed by atoms with Crippen LogP contribution in [0.5, 0.6) is 0 Å². The van der Waals surface area contributed by atoms with Crippen molar-refractivity contribution < 1.29 is 28.6 Å². The zero-order valence-electron chi connectivity index (χ0n) is 9.68. The van der Waals surface area contributed by atoms with Crippen molar-refractivity contribution >= 4 is 11.9 Å². The smallest absolute Gasteiger partial charge is 0.374 e. The van der Waals surface area contributed by atoms with Crippen LogP contribution >= 0.6 is 0 Å². The normalized spacial score (nSPS) is 10.4. The summed E-state index contributed by atoms with van der Waals surface area (Å²) in [5.41, 5.74) is 0.0267. The molecule has 1 aromatic heterocycles. The van der Waals surface area contributed by atoms with Gasteiger partial charge in [-0.3, -0.25) is 0 Å². The van der Waals surface area contributed by atoms with E-state index in [0.717, 1.165) is 6.07 Å². The third-order valence-electron chi connectivity index (χ3n) is 2.31. The van der Waals surface area contributed by atoms with Crippen LogP contribution in [0.25, 0.3) is 11.5 Å². The number of carbonyl (C=O) groups is 2. The molecule has 0 aliphatic heterocycles. The summed E-state index contributed by atoms with van der Waals surface area (Å²) in [6.07, 6.45) is 0. The van der Waals surface area contributed by atoms with E-state index in [4.69, 9.17) is 14.6 Å². The molecule has 2 aromatic rings. The largest absolute Gasteiger partial charge is 0.476 e. The highest BCUT2D eigenvalue weighted by atomic mass is 19.1. The van der Waals surface area contributed by atoms with Gasteiger partial charge < -0.3 is 14.6 Å². The summed E-state index contributed by atoms with van der Waals surface area (Å²) in [7, 11) is 0. The Morgan fingerprint density at radius 1 is 1.21 bits per heavy atom. The molecule has 2 rings (SSSR count). The van der Waals surface area contributed by atoms with E-state index in [2.05, 4.69) is 4.98 Å². The Bertz CT molecular complexity index is 625. The van der Waals surface area contributed by atoms with Crippen LogP contribution in [0.1, 0.15) is 26.6 Å². The standard InChI is InChI=1S/C12H8FNO5/c1-5-2-6(4-7(13)3-5)10-14-8(11(15)16)9(19-10)12(17)18/h2-4H,1H3,(H,15,16)(H,17,18). The predicted octanol–water partition coefficient (Wildman–Crippen LogP) is 2.19. The van der Waals surface area contributed by atoms with Crippen molar-refractivity contribution in [2.24, 2.45) is 0 Å². The zero-order chi connectivity index (χ0) is 14.2. The molecular weight excluding hydrogens is 257 g/mol. The van der Waals surface area contributed by atoms with Crippen LogP contribution in [-0.4, -0.2) is 27.1 Å². The van der Waals surface area contributed by atoms with Crippen LogP contribution in [0.2, 0.25) is 0 Å². The van der Waals surface area contributed by atoms with Gasteiger partial charge in [0.15, 0.2) is 0 Å². The van der Waals surface area contributed by atoms with Crippen molar-refractivity contribution in [1.29, 1.82) is 0 Å². The molecular formula is C12H8FNO5. The third-order valence-corrected chi connectivity index (χ3v) is 2.31. The molecule has 0 amide bonds. The van der Waals surface area contributed by atoms with E-state index in [0.29, 0.717) is 5.56 Å². The van der Waals surface area contributed by atoms with Crippen molar-refractivity contribution in [3.8, 4) is 11.5 Å². The number of nitrogens with zero attached hydrogens (tertiary/aromatic N) is 1. The Morgan fingerprint density at radius 2 is 1.89 bits per heavy atom. The number of hydrogen-bond acceptors (Lipinski definition) is 4. The molecule has 0 spiro atoms. The molecule has 0 saturated heterocycles. The minimum Gasteiger partial charge on any atom is -0.476 e. The van der Waals surface area contributed by atoms with Gasteiger partial charge in [0, 0.05) is 5.56 Å². The molecule has 0 aliphatic rings. The number of carboxylic acid groups (broad SMARTS) is 2. The Balaban J connectivity index is 2.60. The number of benzene rings is 1. The first-order chi connectivity index (χ1) is 8.88. The van der Waals surface area contributed by atoms with Crippen molar-refractivity contribution in [3.63, 3.8) is 0 Å². The first-order valence-electron chi connectivity index (χ1n) is 5.13. The summed E-state index contributed by atoms with van der Waals surface area (Å²) in [4.78, 5) is 25.2. The van der Waals surface area contributed by atoms with Gasteiger partial charge in [0.05, 0.1) is 0 Å². The minimum atomic E-state index is -1.55. The van der Waals surface area contributed by atoms with E-state index in [1.165, 1.54) is 12.1 Å². The summed E-state index contributed by atoms with van der Waals surface area (Å²) >= 11 is 0. The van der Waals surface area contributed by atoms with E-state index in [1.807, 2.05) is 0 Å². The molecule has 0 radical (unpaired) electrons. The molecule has 98 valence electrons. The summed E-state index contributed by atoms with van der Waals surface area (Å²) in [5, 5.41) is 17.6. The quantitative estimate of drug-likeness (QED) is 0.882. The van der Waals surface area contributed by atoms with Gasteiger partial charge in [0.25, 0.3) is 0 Å². The monoisotopic (exact) mass is 265 g/mol. The Kier molecular flexibility index (Phi) is 3.04. The van der Waals surface area contributed by atoms with Crippen LogP contribution in [0, 0.1) is 12.7 Å². The van der Waals surface area contributed by atoms with Crippen molar-refractivity contribution in [3.05, 3.63) is 41.0 Å². The molecule has 6 nitrogen and oxygen atoms in total. The summed E-state index contributed by atoms with van der Waals surface area (Å²) in [6, 6.07) is 3.85. The second-order valence-corrected chi connectivity index (χ2v) is 3.82. The summed E-state index contributed by atoms with van der Waals surface area (Å²) < 4.78 is 18.1. The van der Waals surface area contributed by atoms with Crippen molar-refractivity contribution in [1.82, 2.24) is 4.98 Å². The van der Waals surface area contributed by atoms with Crippen LogP contribution < -0.4 is 0 Å². The van der Waals surface area contributed by atoms with E-state index in [1.54, 1.807) is 6.92 Å². The highest BCUT2D eigenvalue weighted by Crippen LogP contribution is 2.24. The van der Waals surface area contributed by atoms with Crippen LogP contribution in [-0.2, 0) is 0 Å². The highest BCUT2D eigenvalue weighted by molar-refractivity contribution is 5.98. The molecule has 0 saturated carbocycles. The molecule has 19 heavy (non-hydrogen) atoms. The van der Waals surface area contributed by atoms with Crippen LogP contribution in [0.15, 0.2) is 22.6 Å². The number of rotatable bonds is 3. The molecule has 0 bridgehead atoms. The number of hydrogen-bond donors (Lipinski definition) is 2. The van der Waals surface area contributed by atoms with Gasteiger partial charge in [-0.1, -0.05) is 0 Å². The highest BCUT2D eigenvalue weighted by Gasteiger charge is 2.25. The molecule has 1 aromatic carbocycles. The lowest BCUT2D eigenvalue weighted by Crippen LogP contribution is -2.05. The fraction of sp³-hybridized carbons (Fsp3) is 0.0833. The minimum absolute atomic E-state index is 0.174. The summed E-state index contributed by atoms with van der Waals surface area (Å²) in [5.74, 6) is -4.67. The van der Waals surface area contributed by atoms with E-state index in [9.17, 15) is 14.0 Å². The Morgan fingerprint density at radius 3 is 2.37 bits per heavy atom. The number of oxazole rings is 1. The van der Waals surface area contributed by atoms with Gasteiger partial charge in [-0.25, -0.2) is 19.0 Å². The maximum atomic E-state index is 13.2. The molecule has 2 N–H and O–H groups in total. The van der Waals surface area contributed by atoms with Gasteiger partial charge in [0.1, 0.15) is 5.82 Å². The number of halogens is 1. The lowest BCUT2D eigenvalue weighted by atomic mass is 10.1. The van der Waals surface area contributed by atoms with E-state index >= 15 is 0 Å². The Hall–Kier alpha value is -2.70. The average Bonchev–Trinajstić information content (AvgIpc) is 2.72. The third kappa shape index (κ3) is 2.44. The average molecular weight is 265 g/mol. The Labute approximate surface area is 106 Å². The molecule has 1 heterocycles.